The van der Waals surface area contributed by atoms with Crippen molar-refractivity contribution in [1.82, 2.24) is 10.6 Å². The summed E-state index contributed by atoms with van der Waals surface area (Å²) in [5, 5.41) is 6.31. The minimum Gasteiger partial charge on any atom is -0.381 e. The molecule has 8 heteroatoms. The Morgan fingerprint density at radius 2 is 1.70 bits per heavy atom. The van der Waals surface area contributed by atoms with E-state index < -0.39 is 9.84 Å². The van der Waals surface area contributed by atoms with Crippen molar-refractivity contribution in [1.29, 1.82) is 0 Å². The summed E-state index contributed by atoms with van der Waals surface area (Å²) in [5.41, 5.74) is 0. The highest BCUT2D eigenvalue weighted by Crippen LogP contribution is 1.90. The molecule has 0 aliphatic carbocycles. The van der Waals surface area contributed by atoms with Gasteiger partial charge in [-0.3, -0.25) is 4.99 Å². The topological polar surface area (TPSA) is 89.0 Å². The van der Waals surface area contributed by atoms with E-state index >= 15 is 0 Å². The molecule has 0 radical (unpaired) electrons. The van der Waals surface area contributed by atoms with Crippen LogP contribution in [0, 0.1) is 0 Å². The van der Waals surface area contributed by atoms with Gasteiger partial charge in [0.15, 0.2) is 5.96 Å². The Kier molecular flexibility index (Phi) is 14.2. The Morgan fingerprint density at radius 1 is 1.00 bits per heavy atom. The normalized spacial score (nSPS) is 12.4. The monoisotopic (exact) mass is 351 g/mol. The van der Waals surface area contributed by atoms with Gasteiger partial charge >= 0.3 is 0 Å². The first-order valence-electron chi connectivity index (χ1n) is 8.35. The first kappa shape index (κ1) is 22.1. The number of aliphatic imine (C=N–C) groups is 1. The Balaban J connectivity index is 3.73. The van der Waals surface area contributed by atoms with E-state index in [1.54, 1.807) is 0 Å². The summed E-state index contributed by atoms with van der Waals surface area (Å²) in [6.07, 6.45) is 4.35. The zero-order chi connectivity index (χ0) is 17.4. The molecule has 138 valence electrons. The van der Waals surface area contributed by atoms with Crippen molar-refractivity contribution in [2.75, 3.05) is 58.1 Å². The number of rotatable bonds is 14. The van der Waals surface area contributed by atoms with Crippen LogP contribution in [0.1, 0.15) is 33.1 Å². The summed E-state index contributed by atoms with van der Waals surface area (Å²) in [6, 6.07) is 0. The van der Waals surface area contributed by atoms with Crippen molar-refractivity contribution in [2.45, 2.75) is 33.1 Å². The molecule has 0 aromatic carbocycles. The summed E-state index contributed by atoms with van der Waals surface area (Å²) < 4.78 is 32.7. The molecule has 0 aliphatic heterocycles. The second-order valence-corrected chi connectivity index (χ2v) is 7.51. The van der Waals surface area contributed by atoms with E-state index in [-0.39, 0.29) is 12.4 Å². The summed E-state index contributed by atoms with van der Waals surface area (Å²) in [4.78, 5) is 4.45. The lowest BCUT2D eigenvalue weighted by Gasteiger charge is -2.11. The molecule has 0 rings (SSSR count). The van der Waals surface area contributed by atoms with Crippen LogP contribution in [-0.4, -0.2) is 72.4 Å². The van der Waals surface area contributed by atoms with E-state index in [1.165, 1.54) is 6.26 Å². The van der Waals surface area contributed by atoms with Crippen LogP contribution in [0.4, 0.5) is 0 Å². The second kappa shape index (κ2) is 14.7. The maximum atomic E-state index is 11.0. The molecular formula is C15H33N3O4S. The number of nitrogens with zero attached hydrogens (tertiary/aromatic N) is 1. The third-order valence-corrected chi connectivity index (χ3v) is 3.75. The molecule has 0 bridgehead atoms. The number of nitrogens with one attached hydrogen (secondary N) is 2. The lowest BCUT2D eigenvalue weighted by Crippen LogP contribution is -2.39. The molecule has 0 unspecified atom stereocenters. The van der Waals surface area contributed by atoms with Gasteiger partial charge in [-0.25, -0.2) is 8.42 Å². The number of guanidine groups is 1. The first-order chi connectivity index (χ1) is 11.0. The molecule has 7 nitrogen and oxygen atoms in total. The van der Waals surface area contributed by atoms with Crippen molar-refractivity contribution in [3.05, 3.63) is 0 Å². The van der Waals surface area contributed by atoms with E-state index in [2.05, 4.69) is 22.5 Å². The molecular weight excluding hydrogens is 318 g/mol. The number of ether oxygens (including phenoxy) is 2. The van der Waals surface area contributed by atoms with Gasteiger partial charge in [0.2, 0.25) is 0 Å². The molecule has 0 aliphatic rings. The maximum Gasteiger partial charge on any atom is 0.191 e. The second-order valence-electron chi connectivity index (χ2n) is 5.25. The van der Waals surface area contributed by atoms with Gasteiger partial charge in [-0.1, -0.05) is 13.3 Å². The van der Waals surface area contributed by atoms with Gasteiger partial charge in [0.1, 0.15) is 9.84 Å². The molecule has 0 amide bonds. The molecule has 0 aromatic rings. The van der Waals surface area contributed by atoms with Crippen LogP contribution < -0.4 is 10.6 Å². The van der Waals surface area contributed by atoms with Crippen LogP contribution in [0.25, 0.3) is 0 Å². The number of hydrogen-bond donors (Lipinski definition) is 2. The standard InChI is InChI=1S/C15H33N3O4S/c1-4-6-10-21-11-7-8-17-15(16-5-2)18-9-12-22-13-14-23(3,19)20/h4-14H2,1-3H3,(H2,16,17,18). The van der Waals surface area contributed by atoms with E-state index in [0.29, 0.717) is 19.7 Å². The van der Waals surface area contributed by atoms with Gasteiger partial charge in [0.25, 0.3) is 0 Å². The highest BCUT2D eigenvalue weighted by atomic mass is 32.2. The zero-order valence-electron chi connectivity index (χ0n) is 14.8. The van der Waals surface area contributed by atoms with Gasteiger partial charge in [0, 0.05) is 39.1 Å². The van der Waals surface area contributed by atoms with Crippen LogP contribution in [0.2, 0.25) is 0 Å². The van der Waals surface area contributed by atoms with E-state index in [1.807, 2.05) is 6.92 Å². The number of hydrogen-bond acceptors (Lipinski definition) is 5. The minimum absolute atomic E-state index is 0.0547. The molecule has 0 spiro atoms. The fourth-order valence-electron chi connectivity index (χ4n) is 1.60. The Hall–Kier alpha value is -0.860. The average molecular weight is 352 g/mol. The van der Waals surface area contributed by atoms with Crippen molar-refractivity contribution >= 4 is 15.8 Å². The fourth-order valence-corrected chi connectivity index (χ4v) is 2.02. The maximum absolute atomic E-state index is 11.0. The van der Waals surface area contributed by atoms with E-state index in [9.17, 15) is 8.42 Å². The SMILES string of the molecule is CCCCOCCCN=C(NCC)NCCOCCS(C)(=O)=O. The largest absolute Gasteiger partial charge is 0.381 e. The fraction of sp³-hybridized carbons (Fsp3) is 0.933. The lowest BCUT2D eigenvalue weighted by atomic mass is 10.4. The third kappa shape index (κ3) is 17.3. The summed E-state index contributed by atoms with van der Waals surface area (Å²) >= 11 is 0. The quantitative estimate of drug-likeness (QED) is 0.273. The van der Waals surface area contributed by atoms with Crippen LogP contribution in [0.3, 0.4) is 0 Å². The van der Waals surface area contributed by atoms with Gasteiger partial charge < -0.3 is 20.1 Å². The van der Waals surface area contributed by atoms with Gasteiger partial charge in [0.05, 0.1) is 19.0 Å². The predicted molar refractivity (Wildman–Crippen MR) is 94.9 cm³/mol. The van der Waals surface area contributed by atoms with Crippen molar-refractivity contribution in [3.63, 3.8) is 0 Å². The minimum atomic E-state index is -2.95. The predicted octanol–water partition coefficient (Wildman–Crippen LogP) is 0.810. The number of unbranched alkanes of at least 4 members (excludes halogenated alkanes) is 1. The van der Waals surface area contributed by atoms with Crippen molar-refractivity contribution < 1.29 is 17.9 Å². The zero-order valence-corrected chi connectivity index (χ0v) is 15.6. The summed E-state index contributed by atoms with van der Waals surface area (Å²) in [7, 11) is -2.95. The number of sulfone groups is 1. The lowest BCUT2D eigenvalue weighted by molar-refractivity contribution is 0.130. The summed E-state index contributed by atoms with van der Waals surface area (Å²) in [5.74, 6) is 0.798. The molecule has 0 atom stereocenters. The smallest absolute Gasteiger partial charge is 0.191 e. The van der Waals surface area contributed by atoms with E-state index in [0.717, 1.165) is 45.0 Å². The van der Waals surface area contributed by atoms with Crippen molar-refractivity contribution in [3.8, 4) is 0 Å². The van der Waals surface area contributed by atoms with Gasteiger partial charge in [-0.2, -0.15) is 0 Å². The molecule has 0 saturated carbocycles. The van der Waals surface area contributed by atoms with Gasteiger partial charge in [-0.15, -0.1) is 0 Å². The Morgan fingerprint density at radius 3 is 2.35 bits per heavy atom. The highest BCUT2D eigenvalue weighted by Gasteiger charge is 2.01. The highest BCUT2D eigenvalue weighted by molar-refractivity contribution is 7.90. The first-order valence-corrected chi connectivity index (χ1v) is 10.4. The molecule has 0 aromatic heterocycles. The summed E-state index contributed by atoms with van der Waals surface area (Å²) in [6.45, 7) is 8.46. The van der Waals surface area contributed by atoms with Crippen LogP contribution in [0.5, 0.6) is 0 Å². The molecule has 0 fully saturated rings. The average Bonchev–Trinajstić information content (AvgIpc) is 2.48. The molecule has 23 heavy (non-hydrogen) atoms. The van der Waals surface area contributed by atoms with Crippen molar-refractivity contribution in [2.24, 2.45) is 4.99 Å². The van der Waals surface area contributed by atoms with Crippen LogP contribution >= 0.6 is 0 Å². The van der Waals surface area contributed by atoms with Gasteiger partial charge in [-0.05, 0) is 19.8 Å². The Bertz CT molecular complexity index is 400. The Labute approximate surface area is 141 Å². The third-order valence-electron chi connectivity index (χ3n) is 2.84. The molecule has 2 N–H and O–H groups in total. The van der Waals surface area contributed by atoms with E-state index in [4.69, 9.17) is 9.47 Å². The molecule has 0 saturated heterocycles. The van der Waals surface area contributed by atoms with Crippen LogP contribution in [-0.2, 0) is 19.3 Å². The van der Waals surface area contributed by atoms with Crippen LogP contribution in [0.15, 0.2) is 4.99 Å². The molecule has 0 heterocycles.